The van der Waals surface area contributed by atoms with Gasteiger partial charge < -0.3 is 4.42 Å². The van der Waals surface area contributed by atoms with Crippen LogP contribution in [-0.2, 0) is 0 Å². The second-order valence-corrected chi connectivity index (χ2v) is 5.35. The molecule has 0 aliphatic heterocycles. The van der Waals surface area contributed by atoms with Gasteiger partial charge in [0.15, 0.2) is 5.58 Å². The number of hydrogen-bond donors (Lipinski definition) is 0. The molecule has 0 aliphatic rings. The quantitative estimate of drug-likeness (QED) is 0.504. The molecule has 2 aromatic heterocycles. The summed E-state index contributed by atoms with van der Waals surface area (Å²) in [7, 11) is 0. The Morgan fingerprint density at radius 1 is 0.850 bits per heavy atom. The number of benzene rings is 2. The van der Waals surface area contributed by atoms with E-state index in [2.05, 4.69) is 25.9 Å². The van der Waals surface area contributed by atoms with E-state index < -0.39 is 0 Å². The molecule has 20 heavy (non-hydrogen) atoms. The van der Waals surface area contributed by atoms with Crippen molar-refractivity contribution in [2.45, 2.75) is 0 Å². The molecule has 96 valence electrons. The standard InChI is InChI=1S/C16H9BrN2O/c17-11-5-3-7-14-15(11)19-16(20-14)13-9-8-10-4-1-2-6-12(10)18-13/h1-9H. The summed E-state index contributed by atoms with van der Waals surface area (Å²) in [6.45, 7) is 0. The number of para-hydroxylation sites is 2. The van der Waals surface area contributed by atoms with Crippen molar-refractivity contribution in [2.24, 2.45) is 0 Å². The topological polar surface area (TPSA) is 38.9 Å². The lowest BCUT2D eigenvalue weighted by molar-refractivity contribution is 0.617. The second kappa shape index (κ2) is 4.42. The van der Waals surface area contributed by atoms with Gasteiger partial charge in [0, 0.05) is 9.86 Å². The largest absolute Gasteiger partial charge is 0.435 e. The Kier molecular flexibility index (Phi) is 2.57. The van der Waals surface area contributed by atoms with Gasteiger partial charge in [0.2, 0.25) is 5.89 Å². The summed E-state index contributed by atoms with van der Waals surface area (Å²) >= 11 is 3.48. The van der Waals surface area contributed by atoms with Crippen LogP contribution in [0.2, 0.25) is 0 Å². The summed E-state index contributed by atoms with van der Waals surface area (Å²) in [5, 5.41) is 1.11. The number of nitrogens with zero attached hydrogens (tertiary/aromatic N) is 2. The van der Waals surface area contributed by atoms with Crippen molar-refractivity contribution in [2.75, 3.05) is 0 Å². The van der Waals surface area contributed by atoms with Gasteiger partial charge in [-0.3, -0.25) is 0 Å². The highest BCUT2D eigenvalue weighted by Crippen LogP contribution is 2.28. The van der Waals surface area contributed by atoms with Crippen molar-refractivity contribution in [1.82, 2.24) is 9.97 Å². The van der Waals surface area contributed by atoms with E-state index in [1.54, 1.807) is 0 Å². The molecule has 0 radical (unpaired) electrons. The summed E-state index contributed by atoms with van der Waals surface area (Å²) in [6, 6.07) is 17.7. The number of aromatic nitrogens is 2. The van der Waals surface area contributed by atoms with Gasteiger partial charge in [-0.05, 0) is 40.2 Å². The molecule has 0 N–H and O–H groups in total. The summed E-state index contributed by atoms with van der Waals surface area (Å²) in [5.41, 5.74) is 3.25. The Morgan fingerprint density at radius 3 is 2.65 bits per heavy atom. The Labute approximate surface area is 123 Å². The minimum Gasteiger partial charge on any atom is -0.435 e. The second-order valence-electron chi connectivity index (χ2n) is 4.49. The maximum absolute atomic E-state index is 5.78. The Morgan fingerprint density at radius 2 is 1.75 bits per heavy atom. The van der Waals surface area contributed by atoms with E-state index in [-0.39, 0.29) is 0 Å². The molecular formula is C16H9BrN2O. The first-order valence-corrected chi connectivity index (χ1v) is 7.02. The zero-order valence-electron chi connectivity index (χ0n) is 10.4. The molecular weight excluding hydrogens is 316 g/mol. The maximum Gasteiger partial charge on any atom is 0.246 e. The molecule has 4 aromatic rings. The number of hydrogen-bond acceptors (Lipinski definition) is 3. The molecule has 0 atom stereocenters. The minimum absolute atomic E-state index is 0.539. The van der Waals surface area contributed by atoms with Crippen LogP contribution in [0.25, 0.3) is 33.6 Å². The molecule has 0 saturated carbocycles. The van der Waals surface area contributed by atoms with Crippen molar-refractivity contribution >= 4 is 37.9 Å². The van der Waals surface area contributed by atoms with Crippen molar-refractivity contribution in [3.63, 3.8) is 0 Å². The first-order chi connectivity index (χ1) is 9.81. The van der Waals surface area contributed by atoms with Gasteiger partial charge in [-0.15, -0.1) is 0 Å². The van der Waals surface area contributed by atoms with E-state index in [1.165, 1.54) is 0 Å². The number of rotatable bonds is 1. The van der Waals surface area contributed by atoms with E-state index in [1.807, 2.05) is 54.6 Å². The van der Waals surface area contributed by atoms with Crippen LogP contribution in [0.3, 0.4) is 0 Å². The van der Waals surface area contributed by atoms with Gasteiger partial charge in [0.05, 0.1) is 5.52 Å². The molecule has 0 amide bonds. The highest BCUT2D eigenvalue weighted by Gasteiger charge is 2.11. The van der Waals surface area contributed by atoms with Crippen LogP contribution in [0.15, 0.2) is 63.5 Å². The van der Waals surface area contributed by atoms with Crippen LogP contribution in [0.1, 0.15) is 0 Å². The molecule has 0 saturated heterocycles. The number of pyridine rings is 1. The molecule has 0 bridgehead atoms. The molecule has 4 rings (SSSR count). The number of fused-ring (bicyclic) bond motifs is 2. The zero-order valence-corrected chi connectivity index (χ0v) is 12.0. The third kappa shape index (κ3) is 1.80. The summed E-state index contributed by atoms with van der Waals surface area (Å²) < 4.78 is 6.70. The lowest BCUT2D eigenvalue weighted by Gasteiger charge is -1.98. The van der Waals surface area contributed by atoms with Crippen LogP contribution in [-0.4, -0.2) is 9.97 Å². The number of halogens is 1. The van der Waals surface area contributed by atoms with E-state index in [0.29, 0.717) is 5.89 Å². The lowest BCUT2D eigenvalue weighted by Crippen LogP contribution is -1.84. The zero-order chi connectivity index (χ0) is 13.5. The molecule has 0 aliphatic carbocycles. The van der Waals surface area contributed by atoms with E-state index in [0.717, 1.165) is 32.2 Å². The molecule has 2 heterocycles. The fraction of sp³-hybridized carbons (Fsp3) is 0. The van der Waals surface area contributed by atoms with E-state index in [4.69, 9.17) is 4.42 Å². The SMILES string of the molecule is Brc1cccc2oc(-c3ccc4ccccc4n3)nc12. The van der Waals surface area contributed by atoms with Gasteiger partial charge >= 0.3 is 0 Å². The van der Waals surface area contributed by atoms with Crippen molar-refractivity contribution < 1.29 is 4.42 Å². The summed E-state index contributed by atoms with van der Waals surface area (Å²) in [4.78, 5) is 9.11. The van der Waals surface area contributed by atoms with Gasteiger partial charge in [0.25, 0.3) is 0 Å². The smallest absolute Gasteiger partial charge is 0.246 e. The minimum atomic E-state index is 0.539. The van der Waals surface area contributed by atoms with Gasteiger partial charge in [-0.2, -0.15) is 0 Å². The van der Waals surface area contributed by atoms with Crippen molar-refractivity contribution in [1.29, 1.82) is 0 Å². The van der Waals surface area contributed by atoms with E-state index in [9.17, 15) is 0 Å². The first-order valence-electron chi connectivity index (χ1n) is 6.22. The predicted molar refractivity (Wildman–Crippen MR) is 82.4 cm³/mol. The Hall–Kier alpha value is -2.20. The molecule has 2 aromatic carbocycles. The Bertz CT molecular complexity index is 930. The average Bonchev–Trinajstić information content (AvgIpc) is 2.92. The molecule has 0 spiro atoms. The van der Waals surface area contributed by atoms with Gasteiger partial charge in [-0.25, -0.2) is 9.97 Å². The normalized spacial score (nSPS) is 11.2. The summed E-state index contributed by atoms with van der Waals surface area (Å²) in [5.74, 6) is 0.539. The van der Waals surface area contributed by atoms with Crippen LogP contribution in [0, 0.1) is 0 Å². The van der Waals surface area contributed by atoms with Crippen molar-refractivity contribution in [3.8, 4) is 11.6 Å². The number of oxazole rings is 1. The van der Waals surface area contributed by atoms with E-state index >= 15 is 0 Å². The third-order valence-corrected chi connectivity index (χ3v) is 3.83. The molecule has 4 heteroatoms. The monoisotopic (exact) mass is 324 g/mol. The van der Waals surface area contributed by atoms with Crippen LogP contribution >= 0.6 is 15.9 Å². The highest BCUT2D eigenvalue weighted by molar-refractivity contribution is 9.10. The molecule has 3 nitrogen and oxygen atoms in total. The fourth-order valence-electron chi connectivity index (χ4n) is 2.21. The molecule has 0 unspecified atom stereocenters. The first kappa shape index (κ1) is 11.6. The maximum atomic E-state index is 5.78. The molecule has 0 fully saturated rings. The average molecular weight is 325 g/mol. The lowest BCUT2D eigenvalue weighted by atomic mass is 10.2. The van der Waals surface area contributed by atoms with Crippen molar-refractivity contribution in [3.05, 3.63) is 59.1 Å². The summed E-state index contributed by atoms with van der Waals surface area (Å²) in [6.07, 6.45) is 0. The van der Waals surface area contributed by atoms with Crippen LogP contribution in [0.4, 0.5) is 0 Å². The predicted octanol–water partition coefficient (Wildman–Crippen LogP) is 4.81. The third-order valence-electron chi connectivity index (χ3n) is 3.19. The van der Waals surface area contributed by atoms with Crippen LogP contribution in [0.5, 0.6) is 0 Å². The van der Waals surface area contributed by atoms with Gasteiger partial charge in [0.1, 0.15) is 11.2 Å². The fourth-order valence-corrected chi connectivity index (χ4v) is 2.65. The Balaban J connectivity index is 1.94. The highest BCUT2D eigenvalue weighted by atomic mass is 79.9. The van der Waals surface area contributed by atoms with Gasteiger partial charge in [-0.1, -0.05) is 30.3 Å². The van der Waals surface area contributed by atoms with Crippen LogP contribution < -0.4 is 0 Å².